The number of nitro groups is 1. The van der Waals surface area contributed by atoms with E-state index in [2.05, 4.69) is 17.5 Å². The van der Waals surface area contributed by atoms with Gasteiger partial charge in [0.2, 0.25) is 5.91 Å². The molecule has 0 spiro atoms. The highest BCUT2D eigenvalue weighted by Gasteiger charge is 2.64. The van der Waals surface area contributed by atoms with Crippen LogP contribution >= 0.6 is 0 Å². The lowest BCUT2D eigenvalue weighted by molar-refractivity contribution is -0.384. The summed E-state index contributed by atoms with van der Waals surface area (Å²) in [5.74, 6) is 0.590. The molecule has 2 saturated carbocycles. The van der Waals surface area contributed by atoms with Crippen LogP contribution in [0.3, 0.4) is 0 Å². The Morgan fingerprint density at radius 2 is 2.14 bits per heavy atom. The molecule has 3 unspecified atom stereocenters. The first-order valence-electron chi connectivity index (χ1n) is 7.60. The quantitative estimate of drug-likeness (QED) is 0.527. The molecule has 2 aliphatic carbocycles. The fourth-order valence-electron chi connectivity index (χ4n) is 3.77. The topological polar surface area (TPSA) is 84.6 Å². The van der Waals surface area contributed by atoms with Crippen molar-refractivity contribution in [3.63, 3.8) is 0 Å². The second kappa shape index (κ2) is 5.51. The van der Waals surface area contributed by atoms with Gasteiger partial charge >= 0.3 is 0 Å². The molecule has 3 rings (SSSR count). The van der Waals surface area contributed by atoms with Gasteiger partial charge < -0.3 is 0 Å². The first-order valence-corrected chi connectivity index (χ1v) is 7.60. The van der Waals surface area contributed by atoms with Crippen LogP contribution in [0, 0.1) is 27.4 Å². The third-order valence-corrected chi connectivity index (χ3v) is 5.11. The number of hydrogen-bond acceptors (Lipinski definition) is 4. The summed E-state index contributed by atoms with van der Waals surface area (Å²) in [6.07, 6.45) is 6.21. The molecule has 2 fully saturated rings. The van der Waals surface area contributed by atoms with Crippen LogP contribution in [0.4, 0.5) is 5.69 Å². The van der Waals surface area contributed by atoms with E-state index < -0.39 is 4.92 Å². The second-order valence-electron chi connectivity index (χ2n) is 6.42. The summed E-state index contributed by atoms with van der Waals surface area (Å²) in [4.78, 5) is 22.3. The number of hydrazone groups is 1. The maximum atomic E-state index is 12.2. The highest BCUT2D eigenvalue weighted by Crippen LogP contribution is 2.66. The van der Waals surface area contributed by atoms with Crippen LogP contribution in [0.5, 0.6) is 0 Å². The van der Waals surface area contributed by atoms with Gasteiger partial charge in [-0.15, -0.1) is 0 Å². The first-order chi connectivity index (χ1) is 10.5. The lowest BCUT2D eigenvalue weighted by atomic mass is 9.90. The lowest BCUT2D eigenvalue weighted by Gasteiger charge is -2.15. The molecule has 0 heterocycles. The average Bonchev–Trinajstić information content (AvgIpc) is 3.13. The Kier molecular flexibility index (Phi) is 3.68. The van der Waals surface area contributed by atoms with E-state index >= 15 is 0 Å². The standard InChI is InChI=1S/C16H19N3O3/c1-16-9-3-2-4-13(16)14(16)15(20)18-17-10-11-5-7-12(8-6-11)19(21)22/h5-8,10,13-14H,2-4,9H2,1H3,(H,18,20)/b17-10-. The molecule has 1 N–H and O–H groups in total. The zero-order valence-corrected chi connectivity index (χ0v) is 12.5. The molecule has 3 atom stereocenters. The number of nitro benzene ring substituents is 1. The molecule has 0 bridgehead atoms. The van der Waals surface area contributed by atoms with Gasteiger partial charge in [0.15, 0.2) is 0 Å². The zero-order valence-electron chi connectivity index (χ0n) is 12.5. The van der Waals surface area contributed by atoms with Gasteiger partial charge in [-0.3, -0.25) is 14.9 Å². The average molecular weight is 301 g/mol. The molecule has 116 valence electrons. The minimum atomic E-state index is -0.446. The molecule has 22 heavy (non-hydrogen) atoms. The highest BCUT2D eigenvalue weighted by atomic mass is 16.6. The third-order valence-electron chi connectivity index (χ3n) is 5.11. The molecule has 1 aromatic rings. The maximum absolute atomic E-state index is 12.2. The number of amides is 1. The number of carbonyl (C=O) groups is 1. The monoisotopic (exact) mass is 301 g/mol. The number of nitrogens with zero attached hydrogens (tertiary/aromatic N) is 2. The van der Waals surface area contributed by atoms with E-state index in [0.717, 1.165) is 12.8 Å². The van der Waals surface area contributed by atoms with E-state index in [1.54, 1.807) is 12.1 Å². The Bertz CT molecular complexity index is 626. The minimum Gasteiger partial charge on any atom is -0.273 e. The Balaban J connectivity index is 1.56. The molecular formula is C16H19N3O3. The maximum Gasteiger partial charge on any atom is 0.269 e. The van der Waals surface area contributed by atoms with Gasteiger partial charge in [0.05, 0.1) is 11.1 Å². The summed E-state index contributed by atoms with van der Waals surface area (Å²) in [5.41, 5.74) is 3.53. The number of hydrogen-bond donors (Lipinski definition) is 1. The van der Waals surface area contributed by atoms with Crippen LogP contribution in [0.1, 0.15) is 38.2 Å². The van der Waals surface area contributed by atoms with Gasteiger partial charge in [-0.05, 0) is 41.9 Å². The van der Waals surface area contributed by atoms with E-state index in [-0.39, 0.29) is 22.9 Å². The van der Waals surface area contributed by atoms with Crippen LogP contribution < -0.4 is 5.43 Å². The number of non-ortho nitro benzene ring substituents is 1. The van der Waals surface area contributed by atoms with Crippen molar-refractivity contribution in [2.45, 2.75) is 32.6 Å². The summed E-state index contributed by atoms with van der Waals surface area (Å²) in [5, 5.41) is 14.5. The molecular weight excluding hydrogens is 282 g/mol. The minimum absolute atomic E-state index is 0.00689. The summed E-state index contributed by atoms with van der Waals surface area (Å²) in [6, 6.07) is 6.04. The normalized spacial score (nSPS) is 29.9. The fraction of sp³-hybridized carbons (Fsp3) is 0.500. The Morgan fingerprint density at radius 3 is 2.73 bits per heavy atom. The van der Waals surface area contributed by atoms with Crippen molar-refractivity contribution < 1.29 is 9.72 Å². The number of fused-ring (bicyclic) bond motifs is 1. The predicted octanol–water partition coefficient (Wildman–Crippen LogP) is 2.87. The zero-order chi connectivity index (χ0) is 15.7. The largest absolute Gasteiger partial charge is 0.273 e. The molecule has 6 heteroatoms. The lowest BCUT2D eigenvalue weighted by Crippen LogP contribution is -2.22. The van der Waals surface area contributed by atoms with E-state index in [1.165, 1.54) is 31.2 Å². The summed E-state index contributed by atoms with van der Waals surface area (Å²) in [6.45, 7) is 2.20. The van der Waals surface area contributed by atoms with Crippen molar-refractivity contribution in [2.24, 2.45) is 22.4 Å². The van der Waals surface area contributed by atoms with Crippen molar-refractivity contribution in [3.05, 3.63) is 39.9 Å². The van der Waals surface area contributed by atoms with E-state index in [1.807, 2.05) is 0 Å². The second-order valence-corrected chi connectivity index (χ2v) is 6.42. The molecule has 0 aromatic heterocycles. The molecule has 6 nitrogen and oxygen atoms in total. The molecule has 0 aliphatic heterocycles. The number of nitrogens with one attached hydrogen (secondary N) is 1. The third kappa shape index (κ3) is 2.61. The van der Waals surface area contributed by atoms with Crippen molar-refractivity contribution in [2.75, 3.05) is 0 Å². The van der Waals surface area contributed by atoms with E-state index in [9.17, 15) is 14.9 Å². The van der Waals surface area contributed by atoms with Crippen molar-refractivity contribution in [1.82, 2.24) is 5.43 Å². The smallest absolute Gasteiger partial charge is 0.269 e. The van der Waals surface area contributed by atoms with E-state index in [4.69, 9.17) is 0 Å². The van der Waals surface area contributed by atoms with Gasteiger partial charge in [-0.25, -0.2) is 5.43 Å². The van der Waals surface area contributed by atoms with Crippen LogP contribution in [0.25, 0.3) is 0 Å². The van der Waals surface area contributed by atoms with Gasteiger partial charge in [0, 0.05) is 18.1 Å². The highest BCUT2D eigenvalue weighted by molar-refractivity contribution is 5.86. The SMILES string of the molecule is CC12CCCCC1C2C(=O)N/N=C\c1ccc([N+](=O)[O-])cc1. The van der Waals surface area contributed by atoms with Crippen LogP contribution in [-0.2, 0) is 4.79 Å². The molecule has 0 saturated heterocycles. The molecule has 1 amide bonds. The van der Waals surface area contributed by atoms with Gasteiger partial charge in [0.1, 0.15) is 0 Å². The van der Waals surface area contributed by atoms with Crippen LogP contribution in [0.15, 0.2) is 29.4 Å². The van der Waals surface area contributed by atoms with Crippen molar-refractivity contribution >= 4 is 17.8 Å². The van der Waals surface area contributed by atoms with Gasteiger partial charge in [0.25, 0.3) is 5.69 Å². The Labute approximate surface area is 128 Å². The van der Waals surface area contributed by atoms with Crippen LogP contribution in [0.2, 0.25) is 0 Å². The van der Waals surface area contributed by atoms with Crippen molar-refractivity contribution in [1.29, 1.82) is 0 Å². The summed E-state index contributed by atoms with van der Waals surface area (Å²) < 4.78 is 0. The van der Waals surface area contributed by atoms with E-state index in [0.29, 0.717) is 11.5 Å². The van der Waals surface area contributed by atoms with Gasteiger partial charge in [-0.2, -0.15) is 5.10 Å². The van der Waals surface area contributed by atoms with Gasteiger partial charge in [-0.1, -0.05) is 19.8 Å². The Morgan fingerprint density at radius 1 is 1.41 bits per heavy atom. The van der Waals surface area contributed by atoms with Crippen molar-refractivity contribution in [3.8, 4) is 0 Å². The van der Waals surface area contributed by atoms with Crippen LogP contribution in [-0.4, -0.2) is 17.0 Å². The summed E-state index contributed by atoms with van der Waals surface area (Å²) in [7, 11) is 0. The molecule has 0 radical (unpaired) electrons. The number of carbonyl (C=O) groups excluding carboxylic acids is 1. The first kappa shape index (κ1) is 14.7. The fourth-order valence-corrected chi connectivity index (χ4v) is 3.77. The molecule has 1 aromatic carbocycles. The number of rotatable bonds is 4. The number of benzene rings is 1. The summed E-state index contributed by atoms with van der Waals surface area (Å²) >= 11 is 0. The Hall–Kier alpha value is -2.24. The predicted molar refractivity (Wildman–Crippen MR) is 82.4 cm³/mol. The molecule has 2 aliphatic rings.